The molecule has 0 atom stereocenters. The highest BCUT2D eigenvalue weighted by Crippen LogP contribution is 2.34. The van der Waals surface area contributed by atoms with E-state index in [-0.39, 0.29) is 27.4 Å². The number of halogens is 1. The summed E-state index contributed by atoms with van der Waals surface area (Å²) >= 11 is 5.66. The van der Waals surface area contributed by atoms with Crippen LogP contribution in [-0.2, 0) is 0 Å². The number of rotatable bonds is 2. The number of nitro benzene ring substituents is 1. The third-order valence-corrected chi connectivity index (χ3v) is 2.32. The number of hydrogen-bond donors (Lipinski definition) is 1. The molecule has 0 aliphatic heterocycles. The van der Waals surface area contributed by atoms with Crippen molar-refractivity contribution in [2.24, 2.45) is 0 Å². The number of carboxylic acids is 1. The summed E-state index contributed by atoms with van der Waals surface area (Å²) in [5.41, 5.74) is -0.232. The zero-order valence-electron chi connectivity index (χ0n) is 7.64. The van der Waals surface area contributed by atoms with Crippen molar-refractivity contribution in [3.05, 3.63) is 39.1 Å². The van der Waals surface area contributed by atoms with Gasteiger partial charge in [-0.05, 0) is 12.1 Å². The number of carboxylic acid groups (broad SMARTS) is 1. The summed E-state index contributed by atoms with van der Waals surface area (Å²) in [6.07, 6.45) is 0. The van der Waals surface area contributed by atoms with Crippen LogP contribution < -0.4 is 0 Å². The monoisotopic (exact) mass is 241 g/mol. The number of nitro groups is 1. The topological polar surface area (TPSA) is 93.6 Å². The summed E-state index contributed by atoms with van der Waals surface area (Å²) in [5, 5.41) is 19.5. The molecule has 0 aliphatic rings. The van der Waals surface area contributed by atoms with E-state index in [4.69, 9.17) is 21.1 Å². The van der Waals surface area contributed by atoms with Gasteiger partial charge in [-0.25, -0.2) is 4.79 Å². The Bertz CT molecular complexity index is 603. The summed E-state index contributed by atoms with van der Waals surface area (Å²) in [5.74, 6) is -1.65. The zero-order chi connectivity index (χ0) is 11.9. The molecule has 82 valence electrons. The lowest BCUT2D eigenvalue weighted by atomic mass is 10.2. The van der Waals surface area contributed by atoms with E-state index in [1.165, 1.54) is 12.1 Å². The SMILES string of the molecule is O=C(O)c1cc2c([N+](=O)[O-])c(Cl)ccc2o1. The molecule has 2 aromatic rings. The molecule has 2 rings (SSSR count). The fourth-order valence-electron chi connectivity index (χ4n) is 1.36. The van der Waals surface area contributed by atoms with Crippen molar-refractivity contribution < 1.29 is 19.2 Å². The molecule has 0 bridgehead atoms. The summed E-state index contributed by atoms with van der Waals surface area (Å²) in [6.45, 7) is 0. The average molecular weight is 242 g/mol. The first-order chi connectivity index (χ1) is 7.50. The highest BCUT2D eigenvalue weighted by atomic mass is 35.5. The summed E-state index contributed by atoms with van der Waals surface area (Å²) in [4.78, 5) is 20.7. The van der Waals surface area contributed by atoms with Gasteiger partial charge in [0.1, 0.15) is 16.0 Å². The molecular formula is C9H4ClNO5. The van der Waals surface area contributed by atoms with Crippen LogP contribution in [0.5, 0.6) is 0 Å². The standard InChI is InChI=1S/C9H4ClNO5/c10-5-1-2-6-4(8(5)11(14)15)3-7(16-6)9(12)13/h1-3H,(H,12,13). The lowest BCUT2D eigenvalue weighted by Crippen LogP contribution is -1.91. The lowest BCUT2D eigenvalue weighted by molar-refractivity contribution is -0.382. The molecule has 1 aromatic carbocycles. The second kappa shape index (κ2) is 3.49. The minimum absolute atomic E-state index is 0.0600. The van der Waals surface area contributed by atoms with E-state index < -0.39 is 10.9 Å². The van der Waals surface area contributed by atoms with Gasteiger partial charge in [0.15, 0.2) is 0 Å². The van der Waals surface area contributed by atoms with Gasteiger partial charge in [0, 0.05) is 6.07 Å². The fourth-order valence-corrected chi connectivity index (χ4v) is 1.60. The van der Waals surface area contributed by atoms with Crippen LogP contribution in [0.3, 0.4) is 0 Å². The Balaban J connectivity index is 2.82. The number of aromatic carboxylic acids is 1. The average Bonchev–Trinajstić information content (AvgIpc) is 2.60. The molecule has 0 saturated heterocycles. The summed E-state index contributed by atoms with van der Waals surface area (Å²) < 4.78 is 4.91. The van der Waals surface area contributed by atoms with Crippen molar-refractivity contribution in [3.63, 3.8) is 0 Å². The molecule has 0 radical (unpaired) electrons. The fraction of sp³-hybridized carbons (Fsp3) is 0. The quantitative estimate of drug-likeness (QED) is 0.644. The molecule has 1 aromatic heterocycles. The van der Waals surface area contributed by atoms with E-state index in [9.17, 15) is 14.9 Å². The van der Waals surface area contributed by atoms with Gasteiger partial charge in [-0.3, -0.25) is 10.1 Å². The molecular weight excluding hydrogens is 238 g/mol. The maximum atomic E-state index is 10.7. The zero-order valence-corrected chi connectivity index (χ0v) is 8.39. The first kappa shape index (κ1) is 10.4. The molecule has 1 N–H and O–H groups in total. The third kappa shape index (κ3) is 1.49. The highest BCUT2D eigenvalue weighted by Gasteiger charge is 2.22. The van der Waals surface area contributed by atoms with Gasteiger partial charge in [-0.2, -0.15) is 0 Å². The molecule has 0 fully saturated rings. The Hall–Kier alpha value is -2.08. The Labute approximate surface area is 93.2 Å². The largest absolute Gasteiger partial charge is 0.475 e. The van der Waals surface area contributed by atoms with Gasteiger partial charge < -0.3 is 9.52 Å². The van der Waals surface area contributed by atoms with Crippen molar-refractivity contribution in [2.45, 2.75) is 0 Å². The number of nitrogens with zero attached hydrogens (tertiary/aromatic N) is 1. The van der Waals surface area contributed by atoms with E-state index in [0.29, 0.717) is 0 Å². The number of hydrogen-bond acceptors (Lipinski definition) is 4. The molecule has 6 nitrogen and oxygen atoms in total. The number of benzene rings is 1. The van der Waals surface area contributed by atoms with Crippen LogP contribution in [0.4, 0.5) is 5.69 Å². The van der Waals surface area contributed by atoms with Crippen molar-refractivity contribution in [1.82, 2.24) is 0 Å². The molecule has 7 heteroatoms. The van der Waals surface area contributed by atoms with E-state index >= 15 is 0 Å². The number of carbonyl (C=O) groups is 1. The third-order valence-electron chi connectivity index (χ3n) is 2.02. The van der Waals surface area contributed by atoms with Crippen LogP contribution in [-0.4, -0.2) is 16.0 Å². The van der Waals surface area contributed by atoms with Gasteiger partial charge in [0.05, 0.1) is 4.92 Å². The normalized spacial score (nSPS) is 10.6. The Morgan fingerprint density at radius 3 is 2.75 bits per heavy atom. The second-order valence-corrected chi connectivity index (χ2v) is 3.39. The van der Waals surface area contributed by atoms with Crippen LogP contribution in [0, 0.1) is 10.1 Å². The van der Waals surface area contributed by atoms with Crippen molar-refractivity contribution in [2.75, 3.05) is 0 Å². The van der Waals surface area contributed by atoms with Crippen LogP contribution >= 0.6 is 11.6 Å². The maximum Gasteiger partial charge on any atom is 0.371 e. The summed E-state index contributed by atoms with van der Waals surface area (Å²) in [7, 11) is 0. The lowest BCUT2D eigenvalue weighted by Gasteiger charge is -1.94. The Morgan fingerprint density at radius 2 is 2.19 bits per heavy atom. The predicted octanol–water partition coefficient (Wildman–Crippen LogP) is 2.69. The maximum absolute atomic E-state index is 10.7. The predicted molar refractivity (Wildman–Crippen MR) is 54.8 cm³/mol. The van der Waals surface area contributed by atoms with Crippen LogP contribution in [0.1, 0.15) is 10.6 Å². The van der Waals surface area contributed by atoms with Gasteiger partial charge in [0.2, 0.25) is 5.76 Å². The van der Waals surface area contributed by atoms with Crippen molar-refractivity contribution in [1.29, 1.82) is 0 Å². The van der Waals surface area contributed by atoms with Crippen molar-refractivity contribution >= 4 is 34.2 Å². The Kier molecular flexibility index (Phi) is 2.28. The minimum Gasteiger partial charge on any atom is -0.475 e. The molecule has 1 heterocycles. The van der Waals surface area contributed by atoms with E-state index in [1.807, 2.05) is 0 Å². The van der Waals surface area contributed by atoms with Crippen LogP contribution in [0.15, 0.2) is 22.6 Å². The minimum atomic E-state index is -1.29. The smallest absolute Gasteiger partial charge is 0.371 e. The number of furan rings is 1. The first-order valence-electron chi connectivity index (χ1n) is 4.10. The van der Waals surface area contributed by atoms with Gasteiger partial charge in [-0.1, -0.05) is 11.6 Å². The van der Waals surface area contributed by atoms with Gasteiger partial charge >= 0.3 is 5.97 Å². The molecule has 0 saturated carbocycles. The van der Waals surface area contributed by atoms with Gasteiger partial charge in [-0.15, -0.1) is 0 Å². The molecule has 0 amide bonds. The second-order valence-electron chi connectivity index (χ2n) is 2.98. The highest BCUT2D eigenvalue weighted by molar-refractivity contribution is 6.34. The molecule has 16 heavy (non-hydrogen) atoms. The molecule has 0 unspecified atom stereocenters. The van der Waals surface area contributed by atoms with E-state index in [1.54, 1.807) is 0 Å². The summed E-state index contributed by atoms with van der Waals surface area (Å²) in [6, 6.07) is 3.76. The number of fused-ring (bicyclic) bond motifs is 1. The molecule has 0 spiro atoms. The molecule has 0 aliphatic carbocycles. The van der Waals surface area contributed by atoms with Crippen molar-refractivity contribution in [3.8, 4) is 0 Å². The first-order valence-corrected chi connectivity index (χ1v) is 4.48. The van der Waals surface area contributed by atoms with Crippen LogP contribution in [0.2, 0.25) is 5.02 Å². The van der Waals surface area contributed by atoms with Gasteiger partial charge in [0.25, 0.3) is 5.69 Å². The van der Waals surface area contributed by atoms with Crippen LogP contribution in [0.25, 0.3) is 11.0 Å². The van der Waals surface area contributed by atoms with E-state index in [0.717, 1.165) is 6.07 Å². The Morgan fingerprint density at radius 1 is 1.50 bits per heavy atom. The van der Waals surface area contributed by atoms with E-state index in [2.05, 4.69) is 0 Å².